The van der Waals surface area contributed by atoms with Gasteiger partial charge in [0.05, 0.1) is 0 Å². The molecule has 0 radical (unpaired) electrons. The van der Waals surface area contributed by atoms with Gasteiger partial charge in [-0.2, -0.15) is 0 Å². The SMILES string of the molecule is O=[N+]([O-])/N=C1\N(CCN2CCN(Cc3ccc(Cl)nc3)/C2=N\[N+](=O)[O-])CCN1Cc1ccc(Cl)nc1. The van der Waals surface area contributed by atoms with E-state index in [9.17, 15) is 20.2 Å². The van der Waals surface area contributed by atoms with Gasteiger partial charge in [-0.3, -0.25) is 0 Å². The van der Waals surface area contributed by atoms with Crippen LogP contribution in [0.4, 0.5) is 0 Å². The van der Waals surface area contributed by atoms with Crippen molar-refractivity contribution in [3.05, 3.63) is 78.3 Å². The molecule has 36 heavy (non-hydrogen) atoms. The van der Waals surface area contributed by atoms with Gasteiger partial charge in [-0.25, -0.2) is 30.2 Å². The molecule has 2 saturated heterocycles. The maximum absolute atomic E-state index is 11.2. The fraction of sp³-hybridized carbons (Fsp3) is 0.400. The molecule has 0 saturated carbocycles. The van der Waals surface area contributed by atoms with Gasteiger partial charge in [0.25, 0.3) is 11.9 Å². The molecule has 0 bridgehead atoms. The van der Waals surface area contributed by atoms with Crippen molar-refractivity contribution >= 4 is 35.1 Å². The van der Waals surface area contributed by atoms with Gasteiger partial charge in [-0.15, -0.1) is 0 Å². The van der Waals surface area contributed by atoms with E-state index in [-0.39, 0.29) is 11.9 Å². The number of pyridine rings is 2. The number of nitrogens with zero attached hydrogens (tertiary/aromatic N) is 10. The number of hydrogen-bond acceptors (Lipinski definition) is 6. The van der Waals surface area contributed by atoms with Crippen LogP contribution in [0.15, 0.2) is 46.9 Å². The zero-order valence-corrected chi connectivity index (χ0v) is 20.5. The Hall–Kier alpha value is -3.78. The van der Waals surface area contributed by atoms with Gasteiger partial charge in [-0.05, 0) is 23.3 Å². The van der Waals surface area contributed by atoms with Crippen LogP contribution >= 0.6 is 23.2 Å². The van der Waals surface area contributed by atoms with Gasteiger partial charge in [0.2, 0.25) is 0 Å². The normalized spacial score (nSPS) is 18.1. The first-order chi connectivity index (χ1) is 17.3. The lowest BCUT2D eigenvalue weighted by molar-refractivity contribution is -0.486. The Balaban J connectivity index is 1.43. The average molecular weight is 537 g/mol. The van der Waals surface area contributed by atoms with E-state index in [1.165, 1.54) is 0 Å². The molecule has 0 spiro atoms. The summed E-state index contributed by atoms with van der Waals surface area (Å²) in [6, 6.07) is 6.92. The summed E-state index contributed by atoms with van der Waals surface area (Å²) in [5.41, 5.74) is 1.68. The highest BCUT2D eigenvalue weighted by Crippen LogP contribution is 2.18. The summed E-state index contributed by atoms with van der Waals surface area (Å²) >= 11 is 11.7. The van der Waals surface area contributed by atoms with E-state index in [1.807, 2.05) is 0 Å². The summed E-state index contributed by atoms with van der Waals surface area (Å²) in [7, 11) is 0. The van der Waals surface area contributed by atoms with Crippen molar-refractivity contribution in [3.63, 3.8) is 0 Å². The fourth-order valence-electron chi connectivity index (χ4n) is 4.09. The summed E-state index contributed by atoms with van der Waals surface area (Å²) < 4.78 is 0. The molecule has 2 aliphatic heterocycles. The summed E-state index contributed by atoms with van der Waals surface area (Å²) in [4.78, 5) is 37.7. The standard InChI is InChI=1S/C20H22Cl2N10O4/c21-17-3-1-15(11-23-17)13-29-9-7-27(19(29)25-31(33)34)5-6-28-8-10-30(20(28)26-32(35)36)14-16-2-4-18(22)24-12-16/h1-4,11-12H,5-10,13-14H2/b25-19-,26-20+. The first-order valence-corrected chi connectivity index (χ1v) is 11.7. The van der Waals surface area contributed by atoms with Crippen molar-refractivity contribution in [1.82, 2.24) is 29.6 Å². The largest absolute Gasteiger partial charge is 0.334 e. The average Bonchev–Trinajstić information content (AvgIpc) is 3.38. The van der Waals surface area contributed by atoms with Crippen molar-refractivity contribution in [3.8, 4) is 0 Å². The van der Waals surface area contributed by atoms with Crippen molar-refractivity contribution in [2.24, 2.45) is 10.2 Å². The topological polar surface area (TPSA) is 150 Å². The predicted octanol–water partition coefficient (Wildman–Crippen LogP) is 1.81. The molecule has 0 amide bonds. The number of nitro groups is 2. The molecule has 2 aromatic rings. The Kier molecular flexibility index (Phi) is 7.95. The van der Waals surface area contributed by atoms with Gasteiger partial charge in [-0.1, -0.05) is 35.3 Å². The second-order valence-electron chi connectivity index (χ2n) is 8.07. The first-order valence-electron chi connectivity index (χ1n) is 10.9. The van der Waals surface area contributed by atoms with Crippen molar-refractivity contribution in [2.75, 3.05) is 39.3 Å². The number of halogens is 2. The zero-order valence-electron chi connectivity index (χ0n) is 19.0. The third-order valence-electron chi connectivity index (χ3n) is 5.72. The maximum Gasteiger partial charge on any atom is 0.274 e. The van der Waals surface area contributed by atoms with Crippen LogP contribution in [-0.4, -0.2) is 90.8 Å². The number of rotatable bonds is 9. The van der Waals surface area contributed by atoms with Crippen LogP contribution < -0.4 is 0 Å². The minimum absolute atomic E-state index is 0.228. The third-order valence-corrected chi connectivity index (χ3v) is 6.16. The Morgan fingerprint density at radius 2 is 1.11 bits per heavy atom. The fourth-order valence-corrected chi connectivity index (χ4v) is 4.31. The lowest BCUT2D eigenvalue weighted by Gasteiger charge is -2.24. The molecule has 16 heteroatoms. The maximum atomic E-state index is 11.2. The molecule has 14 nitrogen and oxygen atoms in total. The van der Waals surface area contributed by atoms with E-state index in [0.717, 1.165) is 11.1 Å². The number of hydrazone groups is 2. The molecule has 0 aliphatic carbocycles. The highest BCUT2D eigenvalue weighted by molar-refractivity contribution is 6.29. The van der Waals surface area contributed by atoms with E-state index in [2.05, 4.69) is 20.2 Å². The molecule has 2 aliphatic rings. The van der Waals surface area contributed by atoms with E-state index < -0.39 is 10.1 Å². The number of hydrogen-bond donors (Lipinski definition) is 0. The number of aromatic nitrogens is 2. The Morgan fingerprint density at radius 1 is 0.722 bits per heavy atom. The second-order valence-corrected chi connectivity index (χ2v) is 8.85. The molecule has 0 N–H and O–H groups in total. The zero-order chi connectivity index (χ0) is 25.7. The van der Waals surface area contributed by atoms with Crippen LogP contribution in [0.2, 0.25) is 10.3 Å². The molecule has 0 atom stereocenters. The van der Waals surface area contributed by atoms with Crippen LogP contribution in [-0.2, 0) is 13.1 Å². The molecule has 2 fully saturated rings. The van der Waals surface area contributed by atoms with Crippen molar-refractivity contribution in [2.45, 2.75) is 13.1 Å². The van der Waals surface area contributed by atoms with Crippen LogP contribution in [0, 0.1) is 20.2 Å². The molecule has 0 unspecified atom stereocenters. The third kappa shape index (κ3) is 6.46. The van der Waals surface area contributed by atoms with Crippen LogP contribution in [0.1, 0.15) is 11.1 Å². The minimum atomic E-state index is -0.724. The Labute approximate surface area is 215 Å². The summed E-state index contributed by atoms with van der Waals surface area (Å²) in [6.45, 7) is 3.60. The molecular formula is C20H22Cl2N10O4. The molecule has 0 aromatic carbocycles. The quantitative estimate of drug-likeness (QED) is 0.263. The van der Waals surface area contributed by atoms with Crippen molar-refractivity contribution in [1.29, 1.82) is 0 Å². The van der Waals surface area contributed by atoms with E-state index >= 15 is 0 Å². The van der Waals surface area contributed by atoms with Gasteiger partial charge in [0, 0.05) is 64.8 Å². The van der Waals surface area contributed by atoms with E-state index in [0.29, 0.717) is 62.7 Å². The smallest absolute Gasteiger partial charge is 0.274 e. The Bertz CT molecular complexity index is 1070. The lowest BCUT2D eigenvalue weighted by atomic mass is 10.3. The van der Waals surface area contributed by atoms with Gasteiger partial charge < -0.3 is 19.6 Å². The number of guanidine groups is 2. The highest BCUT2D eigenvalue weighted by Gasteiger charge is 2.33. The van der Waals surface area contributed by atoms with E-state index in [4.69, 9.17) is 23.2 Å². The molecule has 2 aromatic heterocycles. The molecule has 4 rings (SSSR count). The summed E-state index contributed by atoms with van der Waals surface area (Å²) in [6.07, 6.45) is 3.23. The predicted molar refractivity (Wildman–Crippen MR) is 131 cm³/mol. The van der Waals surface area contributed by atoms with Crippen LogP contribution in [0.25, 0.3) is 0 Å². The first kappa shape index (κ1) is 25.3. The van der Waals surface area contributed by atoms with Gasteiger partial charge in [0.15, 0.2) is 10.1 Å². The molecular weight excluding hydrogens is 515 g/mol. The summed E-state index contributed by atoms with van der Waals surface area (Å²) in [5, 5.41) is 28.9. The van der Waals surface area contributed by atoms with Crippen LogP contribution in [0.3, 0.4) is 0 Å². The second kappa shape index (κ2) is 11.3. The molecule has 190 valence electrons. The minimum Gasteiger partial charge on any atom is -0.334 e. The van der Waals surface area contributed by atoms with Crippen molar-refractivity contribution < 1.29 is 10.1 Å². The van der Waals surface area contributed by atoms with Crippen LogP contribution in [0.5, 0.6) is 0 Å². The summed E-state index contributed by atoms with van der Waals surface area (Å²) in [5.74, 6) is 0.456. The lowest BCUT2D eigenvalue weighted by Crippen LogP contribution is -2.41. The highest BCUT2D eigenvalue weighted by atomic mass is 35.5. The van der Waals surface area contributed by atoms with Gasteiger partial charge >= 0.3 is 0 Å². The molecule has 4 heterocycles. The van der Waals surface area contributed by atoms with E-state index in [1.54, 1.807) is 56.3 Å². The monoisotopic (exact) mass is 536 g/mol. The van der Waals surface area contributed by atoms with Gasteiger partial charge in [0.1, 0.15) is 20.5 Å². The Morgan fingerprint density at radius 3 is 1.44 bits per heavy atom.